The van der Waals surface area contributed by atoms with Crippen LogP contribution in [0.1, 0.15) is 62.0 Å². The molecule has 1 fully saturated rings. The van der Waals surface area contributed by atoms with Crippen LogP contribution in [0.3, 0.4) is 0 Å². The van der Waals surface area contributed by atoms with Crippen LogP contribution in [0.15, 0.2) is 66.7 Å². The van der Waals surface area contributed by atoms with E-state index in [4.69, 9.17) is 14.5 Å². The Labute approximate surface area is 275 Å². The third-order valence-electron chi connectivity index (χ3n) is 9.02. The van der Waals surface area contributed by atoms with Crippen LogP contribution in [-0.2, 0) is 31.4 Å². The number of nitrogens with one attached hydrogen (secondary N) is 1. The monoisotopic (exact) mass is 633 g/mol. The van der Waals surface area contributed by atoms with Crippen molar-refractivity contribution in [3.63, 3.8) is 0 Å². The molecule has 1 aliphatic carbocycles. The molecule has 0 radical (unpaired) electrons. The average molecular weight is 634 g/mol. The van der Waals surface area contributed by atoms with Crippen molar-refractivity contribution in [3.8, 4) is 17.3 Å². The summed E-state index contributed by atoms with van der Waals surface area (Å²) in [4.78, 5) is 32.9. The molecule has 0 spiro atoms. The number of imidazole rings is 1. The summed E-state index contributed by atoms with van der Waals surface area (Å²) in [5.41, 5.74) is 6.19. The molecule has 0 bridgehead atoms. The molecule has 3 aromatic carbocycles. The molecular weight excluding hydrogens is 590 g/mol. The lowest BCUT2D eigenvalue weighted by Gasteiger charge is -2.31. The molecule has 5 aromatic rings. The maximum Gasteiger partial charge on any atom is 0.407 e. The van der Waals surface area contributed by atoms with Crippen LogP contribution in [0.25, 0.3) is 33.5 Å². The number of benzene rings is 3. The summed E-state index contributed by atoms with van der Waals surface area (Å²) in [6, 6.07) is 22.5. The molecule has 9 nitrogen and oxygen atoms in total. The fourth-order valence-corrected chi connectivity index (χ4v) is 6.58. The number of ether oxygens (including phenoxy) is 2. The molecule has 1 N–H and O–H groups in total. The number of para-hydroxylation sites is 1. The number of hydrogen-bond donors (Lipinski definition) is 1. The van der Waals surface area contributed by atoms with Crippen molar-refractivity contribution in [1.29, 1.82) is 0 Å². The minimum absolute atomic E-state index is 0.0405. The summed E-state index contributed by atoms with van der Waals surface area (Å²) in [5.74, 6) is 2.34. The van der Waals surface area contributed by atoms with Gasteiger partial charge in [0, 0.05) is 43.7 Å². The van der Waals surface area contributed by atoms with E-state index in [2.05, 4.69) is 64.0 Å². The van der Waals surface area contributed by atoms with Crippen molar-refractivity contribution in [2.45, 2.75) is 71.8 Å². The van der Waals surface area contributed by atoms with Gasteiger partial charge in [0.2, 0.25) is 0 Å². The van der Waals surface area contributed by atoms with Gasteiger partial charge in [-0.2, -0.15) is 0 Å². The standard InChI is InChI=1S/C38H43N5O4/c1-24(39-37(45)47-38(2,3)4)21-42-17-16-27-18-31-30(20-29(27)36(42)44)40-35(41(31)5)32-19-28-12-9-13-33(34(28)43(32)22-25-14-15-25)46-23-26-10-7-6-8-11-26/h6-13,18-20,24-25H,14-17,21-23H2,1-5H3,(H,39,45)/t24-/m1/s1. The number of alkyl carbamates (subject to hydrolysis) is 1. The second-order valence-electron chi connectivity index (χ2n) is 14.1. The van der Waals surface area contributed by atoms with E-state index >= 15 is 0 Å². The first-order valence-electron chi connectivity index (χ1n) is 16.6. The number of amides is 2. The van der Waals surface area contributed by atoms with Crippen LogP contribution in [0.4, 0.5) is 4.79 Å². The predicted molar refractivity (Wildman–Crippen MR) is 184 cm³/mol. The topological polar surface area (TPSA) is 90.6 Å². The van der Waals surface area contributed by atoms with E-state index in [1.165, 1.54) is 12.8 Å². The van der Waals surface area contributed by atoms with E-state index in [0.29, 0.717) is 31.2 Å². The molecular formula is C38H43N5O4. The van der Waals surface area contributed by atoms with Crippen LogP contribution in [-0.4, -0.2) is 55.8 Å². The number of nitrogens with zero attached hydrogens (tertiary/aromatic N) is 4. The zero-order valence-electron chi connectivity index (χ0n) is 27.9. The van der Waals surface area contributed by atoms with E-state index in [1.807, 2.05) is 56.9 Å². The van der Waals surface area contributed by atoms with Gasteiger partial charge in [0.1, 0.15) is 18.0 Å². The zero-order valence-corrected chi connectivity index (χ0v) is 27.9. The maximum atomic E-state index is 13.7. The maximum absolute atomic E-state index is 13.7. The number of rotatable bonds is 9. The average Bonchev–Trinajstić information content (AvgIpc) is 3.70. The smallest absolute Gasteiger partial charge is 0.407 e. The van der Waals surface area contributed by atoms with Gasteiger partial charge in [0.25, 0.3) is 5.91 Å². The fourth-order valence-electron chi connectivity index (χ4n) is 6.58. The quantitative estimate of drug-likeness (QED) is 0.187. The highest BCUT2D eigenvalue weighted by atomic mass is 16.6. The first-order valence-corrected chi connectivity index (χ1v) is 16.6. The van der Waals surface area contributed by atoms with Crippen molar-refractivity contribution in [3.05, 3.63) is 83.4 Å². The van der Waals surface area contributed by atoms with Gasteiger partial charge in [-0.3, -0.25) is 4.79 Å². The van der Waals surface area contributed by atoms with Gasteiger partial charge in [-0.1, -0.05) is 42.5 Å². The molecule has 0 saturated heterocycles. The minimum Gasteiger partial charge on any atom is -0.487 e. The van der Waals surface area contributed by atoms with Gasteiger partial charge >= 0.3 is 6.09 Å². The van der Waals surface area contributed by atoms with Crippen molar-refractivity contribution in [1.82, 2.24) is 24.3 Å². The predicted octanol–water partition coefficient (Wildman–Crippen LogP) is 7.10. The van der Waals surface area contributed by atoms with Crippen LogP contribution >= 0.6 is 0 Å². The lowest BCUT2D eigenvalue weighted by molar-refractivity contribution is 0.0483. The molecule has 1 atom stereocenters. The molecule has 1 aliphatic heterocycles. The summed E-state index contributed by atoms with van der Waals surface area (Å²) in [6.07, 6.45) is 2.71. The van der Waals surface area contributed by atoms with Crippen molar-refractivity contribution in [2.75, 3.05) is 13.1 Å². The lowest BCUT2D eigenvalue weighted by Crippen LogP contribution is -2.47. The summed E-state index contributed by atoms with van der Waals surface area (Å²) in [5, 5.41) is 3.98. The Morgan fingerprint density at radius 3 is 2.60 bits per heavy atom. The molecule has 7 rings (SSSR count). The Hall–Kier alpha value is -4.79. The molecule has 3 heterocycles. The molecule has 244 valence electrons. The third-order valence-corrected chi connectivity index (χ3v) is 9.02. The van der Waals surface area contributed by atoms with Crippen LogP contribution in [0, 0.1) is 5.92 Å². The third kappa shape index (κ3) is 6.44. The number of carbonyl (C=O) groups excluding carboxylic acids is 2. The van der Waals surface area contributed by atoms with Crippen molar-refractivity contribution < 1.29 is 19.1 Å². The molecule has 9 heteroatoms. The number of carbonyl (C=O) groups is 2. The largest absolute Gasteiger partial charge is 0.487 e. The second-order valence-corrected chi connectivity index (χ2v) is 14.1. The van der Waals surface area contributed by atoms with E-state index in [-0.39, 0.29) is 11.9 Å². The molecule has 47 heavy (non-hydrogen) atoms. The first kappa shape index (κ1) is 30.8. The van der Waals surface area contributed by atoms with Gasteiger partial charge < -0.3 is 28.8 Å². The fraction of sp³-hybridized carbons (Fsp3) is 0.395. The van der Waals surface area contributed by atoms with Gasteiger partial charge in [-0.25, -0.2) is 9.78 Å². The van der Waals surface area contributed by atoms with Crippen LogP contribution in [0.2, 0.25) is 0 Å². The van der Waals surface area contributed by atoms with Crippen molar-refractivity contribution in [2.24, 2.45) is 13.0 Å². The molecule has 2 amide bonds. The SMILES string of the molecule is C[C@H](CN1CCc2cc3c(cc2C1=O)nc(-c1cc2cccc(OCc4ccccc4)c2n1CC1CC1)n3C)NC(=O)OC(C)(C)C. The Balaban J connectivity index is 1.19. The zero-order chi connectivity index (χ0) is 32.9. The van der Waals surface area contributed by atoms with Crippen LogP contribution in [0.5, 0.6) is 5.75 Å². The molecule has 2 aromatic heterocycles. The van der Waals surface area contributed by atoms with Gasteiger partial charge in [0.15, 0.2) is 5.82 Å². The minimum atomic E-state index is -0.582. The van der Waals surface area contributed by atoms with Crippen LogP contribution < -0.4 is 10.1 Å². The van der Waals surface area contributed by atoms with E-state index in [9.17, 15) is 9.59 Å². The molecule has 1 saturated carbocycles. The highest BCUT2D eigenvalue weighted by Crippen LogP contribution is 2.39. The highest BCUT2D eigenvalue weighted by molar-refractivity contribution is 6.01. The summed E-state index contributed by atoms with van der Waals surface area (Å²) in [6.45, 7) is 9.78. The van der Waals surface area contributed by atoms with Gasteiger partial charge in [0.05, 0.1) is 22.2 Å². The normalized spacial score (nSPS) is 15.6. The summed E-state index contributed by atoms with van der Waals surface area (Å²) < 4.78 is 16.4. The van der Waals surface area contributed by atoms with E-state index in [1.54, 1.807) is 0 Å². The lowest BCUT2D eigenvalue weighted by atomic mass is 9.97. The Morgan fingerprint density at radius 2 is 1.85 bits per heavy atom. The van der Waals surface area contributed by atoms with Gasteiger partial charge in [-0.05, 0) is 88.3 Å². The van der Waals surface area contributed by atoms with E-state index < -0.39 is 11.7 Å². The Bertz CT molecular complexity index is 1970. The number of aromatic nitrogens is 3. The number of aryl methyl sites for hydroxylation is 1. The summed E-state index contributed by atoms with van der Waals surface area (Å²) >= 11 is 0. The Morgan fingerprint density at radius 1 is 1.06 bits per heavy atom. The molecule has 0 unspecified atom stereocenters. The van der Waals surface area contributed by atoms with E-state index in [0.717, 1.165) is 63.3 Å². The first-order chi connectivity index (χ1) is 22.5. The van der Waals surface area contributed by atoms with Crippen molar-refractivity contribution >= 4 is 33.9 Å². The summed E-state index contributed by atoms with van der Waals surface area (Å²) in [7, 11) is 2.06. The Kier molecular flexibility index (Phi) is 7.94. The second kappa shape index (κ2) is 12.1. The highest BCUT2D eigenvalue weighted by Gasteiger charge is 2.30. The van der Waals surface area contributed by atoms with Gasteiger partial charge in [-0.15, -0.1) is 0 Å². The molecule has 2 aliphatic rings. The number of hydrogen-bond acceptors (Lipinski definition) is 5. The number of fused-ring (bicyclic) bond motifs is 3.